The van der Waals surface area contributed by atoms with E-state index in [4.69, 9.17) is 11.6 Å². The van der Waals surface area contributed by atoms with Crippen molar-refractivity contribution in [2.45, 2.75) is 44.8 Å². The summed E-state index contributed by atoms with van der Waals surface area (Å²) in [6, 6.07) is 6.79. The zero-order valence-electron chi connectivity index (χ0n) is 11.9. The third kappa shape index (κ3) is 3.62. The lowest BCUT2D eigenvalue weighted by atomic mass is 10.0. The maximum atomic E-state index is 9.42. The quantitative estimate of drug-likeness (QED) is 0.842. The van der Waals surface area contributed by atoms with Gasteiger partial charge >= 0.3 is 0 Å². The van der Waals surface area contributed by atoms with Crippen LogP contribution in [0.2, 0.25) is 5.02 Å². The first-order valence-electron chi connectivity index (χ1n) is 6.80. The van der Waals surface area contributed by atoms with Gasteiger partial charge in [-0.05, 0) is 44.4 Å². The predicted octanol–water partition coefficient (Wildman–Crippen LogP) is 2.80. The maximum absolute atomic E-state index is 9.42. The summed E-state index contributed by atoms with van der Waals surface area (Å²) in [7, 11) is 1.98. The summed E-state index contributed by atoms with van der Waals surface area (Å²) in [5.74, 6) is 0. The molecule has 2 rings (SSSR count). The fourth-order valence-electron chi connectivity index (χ4n) is 1.89. The Kier molecular flexibility index (Phi) is 4.39. The van der Waals surface area contributed by atoms with Gasteiger partial charge in [-0.1, -0.05) is 17.7 Å². The van der Waals surface area contributed by atoms with E-state index in [0.29, 0.717) is 6.04 Å². The average Bonchev–Trinajstić information content (AvgIpc) is 3.20. The topological polar surface area (TPSA) is 35.5 Å². The van der Waals surface area contributed by atoms with Crippen LogP contribution in [0.15, 0.2) is 18.2 Å². The lowest BCUT2D eigenvalue weighted by Crippen LogP contribution is -2.44. The largest absolute Gasteiger partial charge is 0.394 e. The molecule has 2 N–H and O–H groups in total. The third-order valence-corrected chi connectivity index (χ3v) is 4.23. The molecule has 1 fully saturated rings. The molecule has 0 saturated heterocycles. The van der Waals surface area contributed by atoms with Crippen LogP contribution in [0.3, 0.4) is 0 Å². The van der Waals surface area contributed by atoms with Crippen molar-refractivity contribution in [2.24, 2.45) is 0 Å². The molecule has 0 unspecified atom stereocenters. The van der Waals surface area contributed by atoms with Crippen molar-refractivity contribution in [3.8, 4) is 0 Å². The Morgan fingerprint density at radius 2 is 2.11 bits per heavy atom. The Morgan fingerprint density at radius 3 is 2.63 bits per heavy atom. The summed E-state index contributed by atoms with van der Waals surface area (Å²) in [6.07, 6.45) is 2.56. The number of likely N-dealkylation sites (N-methyl/N-ethyl adjacent to an activating group) is 1. The fourth-order valence-corrected chi connectivity index (χ4v) is 2.13. The molecule has 1 aromatic carbocycles. The first-order valence-corrected chi connectivity index (χ1v) is 7.18. The molecule has 0 heterocycles. The van der Waals surface area contributed by atoms with Crippen LogP contribution in [0.4, 0.5) is 5.69 Å². The second-order valence-electron chi connectivity index (χ2n) is 5.96. The zero-order chi connectivity index (χ0) is 14.0. The highest BCUT2D eigenvalue weighted by molar-refractivity contribution is 6.31. The minimum absolute atomic E-state index is 0.103. The Labute approximate surface area is 120 Å². The SMILES string of the molecule is CN(c1ccc(CNC2CC2)c(Cl)c1)C(C)(C)CO. The van der Waals surface area contributed by atoms with E-state index >= 15 is 0 Å². The van der Waals surface area contributed by atoms with Crippen molar-refractivity contribution in [3.63, 3.8) is 0 Å². The second kappa shape index (κ2) is 5.70. The van der Waals surface area contributed by atoms with Gasteiger partial charge in [0.05, 0.1) is 12.1 Å². The van der Waals surface area contributed by atoms with Gasteiger partial charge in [-0.3, -0.25) is 0 Å². The number of benzene rings is 1. The molecule has 0 aromatic heterocycles. The molecule has 0 spiro atoms. The van der Waals surface area contributed by atoms with Gasteiger partial charge < -0.3 is 15.3 Å². The summed E-state index contributed by atoms with van der Waals surface area (Å²) in [6.45, 7) is 4.94. The third-order valence-electron chi connectivity index (χ3n) is 3.88. The highest BCUT2D eigenvalue weighted by Gasteiger charge is 2.23. The summed E-state index contributed by atoms with van der Waals surface area (Å²) >= 11 is 6.34. The number of hydrogen-bond donors (Lipinski definition) is 2. The molecule has 106 valence electrons. The van der Waals surface area contributed by atoms with Crippen molar-refractivity contribution < 1.29 is 5.11 Å². The Hall–Kier alpha value is -0.770. The number of anilines is 1. The van der Waals surface area contributed by atoms with Gasteiger partial charge in [0.1, 0.15) is 0 Å². The molecule has 1 aromatic rings. The van der Waals surface area contributed by atoms with Crippen LogP contribution >= 0.6 is 11.6 Å². The van der Waals surface area contributed by atoms with Gasteiger partial charge in [0.15, 0.2) is 0 Å². The number of rotatable bonds is 6. The summed E-state index contributed by atoms with van der Waals surface area (Å²) in [5.41, 5.74) is 1.86. The normalized spacial score (nSPS) is 15.6. The van der Waals surface area contributed by atoms with E-state index in [-0.39, 0.29) is 12.1 Å². The number of hydrogen-bond acceptors (Lipinski definition) is 3. The Bertz CT molecular complexity index is 444. The molecule has 1 aliphatic carbocycles. The minimum Gasteiger partial charge on any atom is -0.394 e. The first-order chi connectivity index (χ1) is 8.94. The smallest absolute Gasteiger partial charge is 0.0658 e. The molecule has 0 aliphatic heterocycles. The van der Waals surface area contributed by atoms with Crippen LogP contribution < -0.4 is 10.2 Å². The van der Waals surface area contributed by atoms with E-state index in [9.17, 15) is 5.11 Å². The van der Waals surface area contributed by atoms with Crippen LogP contribution in [0.1, 0.15) is 32.3 Å². The molecule has 1 saturated carbocycles. The van der Waals surface area contributed by atoms with E-state index in [2.05, 4.69) is 22.3 Å². The monoisotopic (exact) mass is 282 g/mol. The molecule has 1 aliphatic rings. The van der Waals surface area contributed by atoms with E-state index < -0.39 is 0 Å². The molecular formula is C15H23ClN2O. The van der Waals surface area contributed by atoms with E-state index in [0.717, 1.165) is 22.8 Å². The molecule has 3 nitrogen and oxygen atoms in total. The van der Waals surface area contributed by atoms with Crippen molar-refractivity contribution in [1.82, 2.24) is 5.32 Å². The number of aliphatic hydroxyl groups excluding tert-OH is 1. The lowest BCUT2D eigenvalue weighted by Gasteiger charge is -2.36. The summed E-state index contributed by atoms with van der Waals surface area (Å²) in [4.78, 5) is 2.05. The van der Waals surface area contributed by atoms with Crippen LogP contribution in [0, 0.1) is 0 Å². The van der Waals surface area contributed by atoms with E-state index in [1.54, 1.807) is 0 Å². The Balaban J connectivity index is 2.08. The first kappa shape index (κ1) is 14.6. The number of halogens is 1. The molecule has 19 heavy (non-hydrogen) atoms. The average molecular weight is 283 g/mol. The van der Waals surface area contributed by atoms with Crippen molar-refractivity contribution in [1.29, 1.82) is 0 Å². The van der Waals surface area contributed by atoms with Gasteiger partial charge in [-0.25, -0.2) is 0 Å². The van der Waals surface area contributed by atoms with Crippen LogP contribution in [-0.2, 0) is 6.54 Å². The Morgan fingerprint density at radius 1 is 1.42 bits per heavy atom. The van der Waals surface area contributed by atoms with Gasteiger partial charge in [0.25, 0.3) is 0 Å². The molecule has 0 amide bonds. The van der Waals surface area contributed by atoms with Gasteiger partial charge in [0, 0.05) is 30.3 Å². The standard InChI is InChI=1S/C15H23ClN2O/c1-15(2,10-19)18(3)13-7-4-11(14(16)8-13)9-17-12-5-6-12/h4,7-8,12,17,19H,5-6,9-10H2,1-3H3. The predicted molar refractivity (Wildman–Crippen MR) is 80.9 cm³/mol. The van der Waals surface area contributed by atoms with Crippen LogP contribution in [0.25, 0.3) is 0 Å². The highest BCUT2D eigenvalue weighted by atomic mass is 35.5. The molecule has 0 radical (unpaired) electrons. The van der Waals surface area contributed by atoms with Gasteiger partial charge in [-0.15, -0.1) is 0 Å². The molecule has 0 atom stereocenters. The highest BCUT2D eigenvalue weighted by Crippen LogP contribution is 2.28. The lowest BCUT2D eigenvalue weighted by molar-refractivity contribution is 0.216. The van der Waals surface area contributed by atoms with E-state index in [1.807, 2.05) is 27.0 Å². The van der Waals surface area contributed by atoms with Gasteiger partial charge in [-0.2, -0.15) is 0 Å². The van der Waals surface area contributed by atoms with Crippen molar-refractivity contribution in [2.75, 3.05) is 18.6 Å². The van der Waals surface area contributed by atoms with Gasteiger partial charge in [0.2, 0.25) is 0 Å². The number of nitrogens with one attached hydrogen (secondary N) is 1. The minimum atomic E-state index is -0.295. The van der Waals surface area contributed by atoms with Crippen LogP contribution in [0.5, 0.6) is 0 Å². The molecular weight excluding hydrogens is 260 g/mol. The van der Waals surface area contributed by atoms with Crippen LogP contribution in [-0.4, -0.2) is 30.3 Å². The molecule has 0 bridgehead atoms. The summed E-state index contributed by atoms with van der Waals surface area (Å²) in [5, 5.41) is 13.7. The number of aliphatic hydroxyl groups is 1. The zero-order valence-corrected chi connectivity index (χ0v) is 12.7. The number of nitrogens with zero attached hydrogens (tertiary/aromatic N) is 1. The second-order valence-corrected chi connectivity index (χ2v) is 6.37. The fraction of sp³-hybridized carbons (Fsp3) is 0.600. The molecule has 4 heteroatoms. The van der Waals surface area contributed by atoms with Crippen molar-refractivity contribution >= 4 is 17.3 Å². The van der Waals surface area contributed by atoms with E-state index in [1.165, 1.54) is 12.8 Å². The summed E-state index contributed by atoms with van der Waals surface area (Å²) < 4.78 is 0. The maximum Gasteiger partial charge on any atom is 0.0658 e. The van der Waals surface area contributed by atoms with Crippen molar-refractivity contribution in [3.05, 3.63) is 28.8 Å².